The second kappa shape index (κ2) is 4.06. The molecule has 0 saturated carbocycles. The molecule has 0 unspecified atom stereocenters. The number of fused-ring (bicyclic) bond motifs is 1. The first-order valence-electron chi connectivity index (χ1n) is 4.53. The van der Waals surface area contributed by atoms with E-state index in [9.17, 15) is 4.39 Å². The van der Waals surface area contributed by atoms with Crippen LogP contribution in [0.15, 0.2) is 22.8 Å². The van der Waals surface area contributed by atoms with Crippen molar-refractivity contribution in [3.8, 4) is 6.07 Å². The Labute approximate surface area is 100 Å². The Morgan fingerprint density at radius 3 is 2.88 bits per heavy atom. The van der Waals surface area contributed by atoms with E-state index in [1.807, 2.05) is 6.07 Å². The SMILES string of the molecule is CNc1c(C#N)cnc2c(Br)cc(F)cc12. The average molecular weight is 280 g/mol. The third-order valence-corrected chi connectivity index (χ3v) is 2.86. The minimum atomic E-state index is -0.368. The maximum Gasteiger partial charge on any atom is 0.125 e. The van der Waals surface area contributed by atoms with Crippen LogP contribution in [0.25, 0.3) is 10.9 Å². The smallest absolute Gasteiger partial charge is 0.125 e. The number of hydrogen-bond acceptors (Lipinski definition) is 3. The van der Waals surface area contributed by atoms with Crippen LogP contribution in [-0.4, -0.2) is 12.0 Å². The second-order valence-corrected chi connectivity index (χ2v) is 4.05. The average Bonchev–Trinajstić information content (AvgIpc) is 2.27. The van der Waals surface area contributed by atoms with Crippen LogP contribution in [-0.2, 0) is 0 Å². The molecule has 80 valence electrons. The molecule has 0 spiro atoms. The number of halogens is 2. The molecule has 16 heavy (non-hydrogen) atoms. The predicted molar refractivity (Wildman–Crippen MR) is 63.7 cm³/mol. The van der Waals surface area contributed by atoms with E-state index in [0.29, 0.717) is 26.6 Å². The van der Waals surface area contributed by atoms with Crippen molar-refractivity contribution in [1.29, 1.82) is 5.26 Å². The van der Waals surface area contributed by atoms with Gasteiger partial charge in [-0.2, -0.15) is 5.26 Å². The van der Waals surface area contributed by atoms with Crippen LogP contribution in [0.5, 0.6) is 0 Å². The van der Waals surface area contributed by atoms with Crippen molar-refractivity contribution in [2.75, 3.05) is 12.4 Å². The number of rotatable bonds is 1. The normalized spacial score (nSPS) is 10.1. The van der Waals surface area contributed by atoms with Crippen LogP contribution >= 0.6 is 15.9 Å². The van der Waals surface area contributed by atoms with Crippen LogP contribution < -0.4 is 5.32 Å². The maximum absolute atomic E-state index is 13.3. The van der Waals surface area contributed by atoms with Gasteiger partial charge in [-0.3, -0.25) is 4.98 Å². The Kier molecular flexibility index (Phi) is 2.75. The predicted octanol–water partition coefficient (Wildman–Crippen LogP) is 3.05. The van der Waals surface area contributed by atoms with Crippen molar-refractivity contribution in [3.63, 3.8) is 0 Å². The minimum Gasteiger partial charge on any atom is -0.386 e. The molecule has 0 aliphatic carbocycles. The Bertz CT molecular complexity index is 604. The number of pyridine rings is 1. The molecule has 0 radical (unpaired) electrons. The highest BCUT2D eigenvalue weighted by atomic mass is 79.9. The molecule has 2 aromatic rings. The van der Waals surface area contributed by atoms with Gasteiger partial charge in [-0.25, -0.2) is 4.39 Å². The molecule has 0 amide bonds. The number of nitrogens with one attached hydrogen (secondary N) is 1. The Hall–Kier alpha value is -1.67. The summed E-state index contributed by atoms with van der Waals surface area (Å²) in [5, 5.41) is 12.4. The molecule has 5 heteroatoms. The van der Waals surface area contributed by atoms with Crippen molar-refractivity contribution >= 4 is 32.5 Å². The quantitative estimate of drug-likeness (QED) is 0.873. The zero-order valence-corrected chi connectivity index (χ0v) is 9.97. The lowest BCUT2D eigenvalue weighted by molar-refractivity contribution is 0.629. The molecule has 0 aliphatic rings. The van der Waals surface area contributed by atoms with Gasteiger partial charge in [0.05, 0.1) is 16.8 Å². The van der Waals surface area contributed by atoms with E-state index in [1.165, 1.54) is 18.3 Å². The summed E-state index contributed by atoms with van der Waals surface area (Å²) in [6.45, 7) is 0. The number of anilines is 1. The lowest BCUT2D eigenvalue weighted by Crippen LogP contribution is -1.96. The molecule has 0 atom stereocenters. The van der Waals surface area contributed by atoms with Crippen molar-refractivity contribution < 1.29 is 4.39 Å². The molecule has 2 rings (SSSR count). The van der Waals surface area contributed by atoms with Gasteiger partial charge in [0, 0.05) is 23.1 Å². The molecule has 1 aromatic carbocycles. The minimum absolute atomic E-state index is 0.368. The molecule has 3 nitrogen and oxygen atoms in total. The fourth-order valence-corrected chi connectivity index (χ4v) is 2.12. The van der Waals surface area contributed by atoms with Gasteiger partial charge < -0.3 is 5.32 Å². The van der Waals surface area contributed by atoms with Gasteiger partial charge in [-0.1, -0.05) is 0 Å². The lowest BCUT2D eigenvalue weighted by Gasteiger charge is -2.08. The van der Waals surface area contributed by atoms with Crippen molar-refractivity contribution in [3.05, 3.63) is 34.2 Å². The van der Waals surface area contributed by atoms with Gasteiger partial charge >= 0.3 is 0 Å². The highest BCUT2D eigenvalue weighted by Crippen LogP contribution is 2.30. The summed E-state index contributed by atoms with van der Waals surface area (Å²) in [5.74, 6) is -0.368. The highest BCUT2D eigenvalue weighted by Gasteiger charge is 2.10. The largest absolute Gasteiger partial charge is 0.386 e. The number of hydrogen-bond donors (Lipinski definition) is 1. The molecule has 1 aromatic heterocycles. The van der Waals surface area contributed by atoms with Gasteiger partial charge in [-0.15, -0.1) is 0 Å². The maximum atomic E-state index is 13.3. The lowest BCUT2D eigenvalue weighted by atomic mass is 10.1. The Morgan fingerprint density at radius 1 is 1.50 bits per heavy atom. The number of nitrogens with zero attached hydrogens (tertiary/aromatic N) is 2. The fourth-order valence-electron chi connectivity index (χ4n) is 1.58. The summed E-state index contributed by atoms with van der Waals surface area (Å²) in [6.07, 6.45) is 1.47. The fraction of sp³-hybridized carbons (Fsp3) is 0.0909. The van der Waals surface area contributed by atoms with Crippen LogP contribution in [0.2, 0.25) is 0 Å². The summed E-state index contributed by atoms with van der Waals surface area (Å²) in [5.41, 5.74) is 1.62. The molecule has 0 fully saturated rings. The molecular weight excluding hydrogens is 273 g/mol. The van der Waals surface area contributed by atoms with Crippen molar-refractivity contribution in [2.45, 2.75) is 0 Å². The van der Waals surface area contributed by atoms with Gasteiger partial charge in [0.1, 0.15) is 11.9 Å². The van der Waals surface area contributed by atoms with E-state index in [0.717, 1.165) is 0 Å². The Balaban J connectivity index is 2.93. The third kappa shape index (κ3) is 1.61. The van der Waals surface area contributed by atoms with Gasteiger partial charge in [0.2, 0.25) is 0 Å². The van der Waals surface area contributed by atoms with Gasteiger partial charge in [-0.05, 0) is 28.1 Å². The monoisotopic (exact) mass is 279 g/mol. The van der Waals surface area contributed by atoms with E-state index in [-0.39, 0.29) is 5.82 Å². The van der Waals surface area contributed by atoms with E-state index >= 15 is 0 Å². The Morgan fingerprint density at radius 2 is 2.25 bits per heavy atom. The summed E-state index contributed by atoms with van der Waals surface area (Å²) in [4.78, 5) is 4.13. The number of benzene rings is 1. The summed E-state index contributed by atoms with van der Waals surface area (Å²) >= 11 is 3.24. The van der Waals surface area contributed by atoms with Crippen LogP contribution in [0.3, 0.4) is 0 Å². The van der Waals surface area contributed by atoms with Gasteiger partial charge in [0.15, 0.2) is 0 Å². The van der Waals surface area contributed by atoms with E-state index in [4.69, 9.17) is 5.26 Å². The molecule has 1 N–H and O–H groups in total. The molecule has 0 aliphatic heterocycles. The zero-order valence-electron chi connectivity index (χ0n) is 8.38. The third-order valence-electron chi connectivity index (χ3n) is 2.26. The summed E-state index contributed by atoms with van der Waals surface area (Å²) < 4.78 is 13.9. The molecule has 0 saturated heterocycles. The first-order valence-corrected chi connectivity index (χ1v) is 5.32. The highest BCUT2D eigenvalue weighted by molar-refractivity contribution is 9.10. The van der Waals surface area contributed by atoms with Crippen LogP contribution in [0.4, 0.5) is 10.1 Å². The zero-order chi connectivity index (χ0) is 11.7. The summed E-state index contributed by atoms with van der Waals surface area (Å²) in [6, 6.07) is 4.72. The first-order chi connectivity index (χ1) is 7.67. The number of aromatic nitrogens is 1. The summed E-state index contributed by atoms with van der Waals surface area (Å²) in [7, 11) is 1.69. The molecule has 0 bridgehead atoms. The van der Waals surface area contributed by atoms with Gasteiger partial charge in [0.25, 0.3) is 0 Å². The van der Waals surface area contributed by atoms with E-state index in [1.54, 1.807) is 7.05 Å². The second-order valence-electron chi connectivity index (χ2n) is 3.19. The van der Waals surface area contributed by atoms with E-state index in [2.05, 4.69) is 26.2 Å². The van der Waals surface area contributed by atoms with Crippen molar-refractivity contribution in [1.82, 2.24) is 4.98 Å². The topological polar surface area (TPSA) is 48.7 Å². The first kappa shape index (κ1) is 10.8. The standard InChI is InChI=1S/C11H7BrFN3/c1-15-10-6(4-14)5-16-11-8(10)2-7(13)3-9(11)12/h2-3,5H,1H3,(H,15,16). The van der Waals surface area contributed by atoms with Crippen LogP contribution in [0, 0.1) is 17.1 Å². The van der Waals surface area contributed by atoms with E-state index < -0.39 is 0 Å². The molecule has 1 heterocycles. The molecular formula is C11H7BrFN3. The van der Waals surface area contributed by atoms with Crippen LogP contribution in [0.1, 0.15) is 5.56 Å². The van der Waals surface area contributed by atoms with Crippen molar-refractivity contribution in [2.24, 2.45) is 0 Å². The number of nitriles is 1.